The number of rotatable bonds is 4. The molecule has 0 saturated carbocycles. The van der Waals surface area contributed by atoms with E-state index >= 15 is 0 Å². The monoisotopic (exact) mass is 347 g/mol. The number of hydrogen-bond donors (Lipinski definition) is 0. The lowest BCUT2D eigenvalue weighted by atomic mass is 10.0. The molecule has 3 aromatic carbocycles. The molecular formula is C21H17NO4. The molecule has 130 valence electrons. The summed E-state index contributed by atoms with van der Waals surface area (Å²) in [5, 5.41) is 11.0. The molecule has 0 saturated heterocycles. The molecule has 5 heteroatoms. The van der Waals surface area contributed by atoms with Gasteiger partial charge in [0.1, 0.15) is 5.75 Å². The number of nitrogens with zero attached hydrogens (tertiary/aromatic N) is 1. The van der Waals surface area contributed by atoms with Gasteiger partial charge in [0.15, 0.2) is 0 Å². The lowest BCUT2D eigenvalue weighted by molar-refractivity contribution is -0.385. The first kappa shape index (κ1) is 17.4. The summed E-state index contributed by atoms with van der Waals surface area (Å²) >= 11 is 0. The zero-order valence-electron chi connectivity index (χ0n) is 14.4. The molecule has 3 aromatic rings. The van der Waals surface area contributed by atoms with Crippen LogP contribution in [0.15, 0.2) is 66.7 Å². The molecule has 5 nitrogen and oxygen atoms in total. The van der Waals surface area contributed by atoms with Gasteiger partial charge in [-0.3, -0.25) is 10.1 Å². The molecule has 3 rings (SSSR count). The SMILES string of the molecule is Cc1ccc(-c2ccc(OC(=O)c3cccc([N+](=O)[O-])c3C)cc2)cc1. The topological polar surface area (TPSA) is 69.4 Å². The van der Waals surface area contributed by atoms with Crippen molar-refractivity contribution in [2.45, 2.75) is 13.8 Å². The molecule has 0 aliphatic carbocycles. The second-order valence-corrected chi connectivity index (χ2v) is 5.99. The summed E-state index contributed by atoms with van der Waals surface area (Å²) in [4.78, 5) is 22.8. The van der Waals surface area contributed by atoms with Crippen molar-refractivity contribution in [1.29, 1.82) is 0 Å². The summed E-state index contributed by atoms with van der Waals surface area (Å²) in [6, 6.07) is 19.6. The minimum Gasteiger partial charge on any atom is -0.423 e. The summed E-state index contributed by atoms with van der Waals surface area (Å²) in [5.74, 6) is -0.231. The molecule has 26 heavy (non-hydrogen) atoms. The molecule has 0 heterocycles. The lowest BCUT2D eigenvalue weighted by Crippen LogP contribution is -2.11. The van der Waals surface area contributed by atoms with E-state index in [1.165, 1.54) is 30.7 Å². The Labute approximate surface area is 151 Å². The van der Waals surface area contributed by atoms with E-state index in [9.17, 15) is 14.9 Å². The van der Waals surface area contributed by atoms with Crippen LogP contribution in [0.25, 0.3) is 11.1 Å². The molecule has 0 spiro atoms. The van der Waals surface area contributed by atoms with E-state index in [0.29, 0.717) is 11.3 Å². The van der Waals surface area contributed by atoms with Gasteiger partial charge in [0.25, 0.3) is 5.69 Å². The average molecular weight is 347 g/mol. The predicted molar refractivity (Wildman–Crippen MR) is 99.4 cm³/mol. The molecule has 0 aromatic heterocycles. The van der Waals surface area contributed by atoms with Gasteiger partial charge in [0.05, 0.1) is 10.5 Å². The highest BCUT2D eigenvalue weighted by atomic mass is 16.6. The van der Waals surface area contributed by atoms with Crippen molar-refractivity contribution < 1.29 is 14.5 Å². The van der Waals surface area contributed by atoms with Crippen LogP contribution in [0.1, 0.15) is 21.5 Å². The Morgan fingerprint density at radius 3 is 2.04 bits per heavy atom. The summed E-state index contributed by atoms with van der Waals surface area (Å²) in [6.07, 6.45) is 0. The molecule has 0 amide bonds. The van der Waals surface area contributed by atoms with Crippen LogP contribution in [-0.4, -0.2) is 10.9 Å². The minimum atomic E-state index is -0.616. The van der Waals surface area contributed by atoms with Crippen LogP contribution < -0.4 is 4.74 Å². The number of esters is 1. The van der Waals surface area contributed by atoms with Gasteiger partial charge in [-0.15, -0.1) is 0 Å². The number of carbonyl (C=O) groups excluding carboxylic acids is 1. The number of ether oxygens (including phenoxy) is 1. The highest BCUT2D eigenvalue weighted by Gasteiger charge is 2.19. The van der Waals surface area contributed by atoms with Crippen LogP contribution in [0.3, 0.4) is 0 Å². The Bertz CT molecular complexity index is 960. The van der Waals surface area contributed by atoms with Gasteiger partial charge in [-0.05, 0) is 43.2 Å². The van der Waals surface area contributed by atoms with Crippen molar-refractivity contribution in [3.05, 3.63) is 93.5 Å². The number of carbonyl (C=O) groups is 1. The number of benzene rings is 3. The van der Waals surface area contributed by atoms with E-state index in [4.69, 9.17) is 4.74 Å². The molecule has 0 aliphatic rings. The van der Waals surface area contributed by atoms with Gasteiger partial charge in [-0.2, -0.15) is 0 Å². The van der Waals surface area contributed by atoms with E-state index in [1.807, 2.05) is 43.3 Å². The second-order valence-electron chi connectivity index (χ2n) is 5.99. The molecule has 0 unspecified atom stereocenters. The zero-order valence-corrected chi connectivity index (χ0v) is 14.4. The quantitative estimate of drug-likeness (QED) is 0.285. The minimum absolute atomic E-state index is 0.103. The van der Waals surface area contributed by atoms with Crippen molar-refractivity contribution in [2.24, 2.45) is 0 Å². The van der Waals surface area contributed by atoms with Crippen molar-refractivity contribution in [3.8, 4) is 16.9 Å². The lowest BCUT2D eigenvalue weighted by Gasteiger charge is -2.08. The van der Waals surface area contributed by atoms with Crippen molar-refractivity contribution in [1.82, 2.24) is 0 Å². The van der Waals surface area contributed by atoms with Crippen molar-refractivity contribution in [3.63, 3.8) is 0 Å². The van der Waals surface area contributed by atoms with Crippen LogP contribution in [-0.2, 0) is 0 Å². The largest absolute Gasteiger partial charge is 0.423 e. The third-order valence-corrected chi connectivity index (χ3v) is 4.17. The molecule has 0 bridgehead atoms. The van der Waals surface area contributed by atoms with Crippen LogP contribution >= 0.6 is 0 Å². The van der Waals surface area contributed by atoms with Gasteiger partial charge < -0.3 is 4.74 Å². The summed E-state index contributed by atoms with van der Waals surface area (Å²) in [7, 11) is 0. The fourth-order valence-electron chi connectivity index (χ4n) is 2.67. The summed E-state index contributed by atoms with van der Waals surface area (Å²) in [5.41, 5.74) is 3.64. The van der Waals surface area contributed by atoms with Gasteiger partial charge in [0.2, 0.25) is 0 Å². The van der Waals surface area contributed by atoms with Gasteiger partial charge >= 0.3 is 5.97 Å². The first-order valence-corrected chi connectivity index (χ1v) is 8.09. The Kier molecular flexibility index (Phi) is 4.80. The molecule has 0 atom stereocenters. The molecule has 0 N–H and O–H groups in total. The average Bonchev–Trinajstić information content (AvgIpc) is 2.63. The summed E-state index contributed by atoms with van der Waals surface area (Å²) in [6.45, 7) is 3.57. The second kappa shape index (κ2) is 7.19. The molecule has 0 radical (unpaired) electrons. The Morgan fingerprint density at radius 1 is 0.885 bits per heavy atom. The molecule has 0 aliphatic heterocycles. The first-order valence-electron chi connectivity index (χ1n) is 8.09. The smallest absolute Gasteiger partial charge is 0.344 e. The van der Waals surface area contributed by atoms with Gasteiger partial charge in [-0.1, -0.05) is 48.0 Å². The maximum Gasteiger partial charge on any atom is 0.344 e. The number of nitro groups is 1. The van der Waals surface area contributed by atoms with E-state index in [-0.39, 0.29) is 11.3 Å². The van der Waals surface area contributed by atoms with Crippen LogP contribution in [0.2, 0.25) is 0 Å². The van der Waals surface area contributed by atoms with Crippen molar-refractivity contribution >= 4 is 11.7 Å². The fourth-order valence-corrected chi connectivity index (χ4v) is 2.67. The van der Waals surface area contributed by atoms with E-state index in [1.54, 1.807) is 12.1 Å². The van der Waals surface area contributed by atoms with E-state index in [0.717, 1.165) is 11.1 Å². The van der Waals surface area contributed by atoms with Crippen LogP contribution in [0, 0.1) is 24.0 Å². The van der Waals surface area contributed by atoms with Gasteiger partial charge in [-0.25, -0.2) is 4.79 Å². The van der Waals surface area contributed by atoms with E-state index < -0.39 is 10.9 Å². The number of aryl methyl sites for hydroxylation is 1. The Morgan fingerprint density at radius 2 is 1.46 bits per heavy atom. The Hall–Kier alpha value is -3.47. The first-order chi connectivity index (χ1) is 12.5. The normalized spacial score (nSPS) is 10.4. The third-order valence-electron chi connectivity index (χ3n) is 4.17. The maximum absolute atomic E-state index is 12.4. The van der Waals surface area contributed by atoms with Crippen LogP contribution in [0.5, 0.6) is 5.75 Å². The van der Waals surface area contributed by atoms with Gasteiger partial charge in [0, 0.05) is 11.6 Å². The highest BCUT2D eigenvalue weighted by Crippen LogP contribution is 2.25. The number of hydrogen-bond acceptors (Lipinski definition) is 4. The maximum atomic E-state index is 12.4. The Balaban J connectivity index is 1.79. The third kappa shape index (κ3) is 3.62. The molecular weight excluding hydrogens is 330 g/mol. The van der Waals surface area contributed by atoms with Crippen molar-refractivity contribution in [2.75, 3.05) is 0 Å². The predicted octanol–water partition coefficient (Wildman–Crippen LogP) is 5.10. The van der Waals surface area contributed by atoms with Crippen LogP contribution in [0.4, 0.5) is 5.69 Å². The highest BCUT2D eigenvalue weighted by molar-refractivity contribution is 5.93. The molecule has 0 fully saturated rings. The zero-order chi connectivity index (χ0) is 18.7. The summed E-state index contributed by atoms with van der Waals surface area (Å²) < 4.78 is 5.36. The van der Waals surface area contributed by atoms with E-state index in [2.05, 4.69) is 0 Å². The number of nitro benzene ring substituents is 1. The standard InChI is InChI=1S/C21H17NO4/c1-14-6-8-16(9-7-14)17-10-12-18(13-11-17)26-21(23)19-4-3-5-20(15(19)2)22(24)25/h3-13H,1-2H3. The fraction of sp³-hybridized carbons (Fsp3) is 0.0952.